The van der Waals surface area contributed by atoms with Gasteiger partial charge in [-0.1, -0.05) is 13.8 Å². The van der Waals surface area contributed by atoms with Crippen LogP contribution in [0.5, 0.6) is 0 Å². The lowest BCUT2D eigenvalue weighted by molar-refractivity contribution is -0.126. The van der Waals surface area contributed by atoms with Crippen molar-refractivity contribution in [3.8, 4) is 0 Å². The number of Topliss-reactive ketones (excluding diaryl/α,β-unsaturated/α-hetero) is 1. The van der Waals surface area contributed by atoms with Gasteiger partial charge in [-0.3, -0.25) is 4.79 Å². The van der Waals surface area contributed by atoms with Gasteiger partial charge >= 0.3 is 0 Å². The third kappa shape index (κ3) is 2.85. The lowest BCUT2D eigenvalue weighted by Gasteiger charge is -2.32. The number of hydrogen-bond donors (Lipinski definition) is 0. The molecule has 0 aliphatic heterocycles. The first-order chi connectivity index (χ1) is 7.58. The van der Waals surface area contributed by atoms with Crippen molar-refractivity contribution in [1.82, 2.24) is 4.90 Å². The molecule has 92 valence electrons. The van der Waals surface area contributed by atoms with Gasteiger partial charge in [0.15, 0.2) is 0 Å². The standard InChI is InChI=1S/C14H25NO/c1-10(2)11-4-7-14(16)12(8-11)9-15(3)13-5-6-13/h10-13H,4-9H2,1-3H3. The lowest BCUT2D eigenvalue weighted by atomic mass is 9.75. The summed E-state index contributed by atoms with van der Waals surface area (Å²) in [5, 5.41) is 0. The highest BCUT2D eigenvalue weighted by molar-refractivity contribution is 5.82. The number of nitrogens with zero attached hydrogens (tertiary/aromatic N) is 1. The summed E-state index contributed by atoms with van der Waals surface area (Å²) in [6.07, 6.45) is 5.76. The van der Waals surface area contributed by atoms with Crippen LogP contribution in [-0.4, -0.2) is 30.3 Å². The molecule has 0 aromatic heterocycles. The summed E-state index contributed by atoms with van der Waals surface area (Å²) in [5.74, 6) is 2.35. The zero-order valence-corrected chi connectivity index (χ0v) is 10.9. The minimum Gasteiger partial charge on any atom is -0.303 e. The monoisotopic (exact) mass is 223 g/mol. The minimum absolute atomic E-state index is 0.326. The molecule has 0 N–H and O–H groups in total. The molecule has 0 aromatic carbocycles. The fourth-order valence-corrected chi connectivity index (χ4v) is 2.94. The average Bonchev–Trinajstić information content (AvgIpc) is 3.04. The Kier molecular flexibility index (Phi) is 3.68. The maximum absolute atomic E-state index is 11.9. The van der Waals surface area contributed by atoms with E-state index in [0.717, 1.165) is 43.7 Å². The van der Waals surface area contributed by atoms with Gasteiger partial charge in [0.1, 0.15) is 5.78 Å². The average molecular weight is 223 g/mol. The van der Waals surface area contributed by atoms with E-state index >= 15 is 0 Å². The third-order valence-corrected chi connectivity index (χ3v) is 4.43. The summed E-state index contributed by atoms with van der Waals surface area (Å²) >= 11 is 0. The quantitative estimate of drug-likeness (QED) is 0.730. The Morgan fingerprint density at radius 1 is 1.31 bits per heavy atom. The van der Waals surface area contributed by atoms with E-state index in [1.165, 1.54) is 12.8 Å². The van der Waals surface area contributed by atoms with Gasteiger partial charge < -0.3 is 4.90 Å². The summed E-state index contributed by atoms with van der Waals surface area (Å²) < 4.78 is 0. The van der Waals surface area contributed by atoms with Gasteiger partial charge in [0.25, 0.3) is 0 Å². The molecule has 2 saturated carbocycles. The summed E-state index contributed by atoms with van der Waals surface area (Å²) in [4.78, 5) is 14.3. The molecule has 2 rings (SSSR count). The molecule has 2 nitrogen and oxygen atoms in total. The summed E-state index contributed by atoms with van der Waals surface area (Å²) in [6.45, 7) is 5.59. The first-order valence-corrected chi connectivity index (χ1v) is 6.81. The van der Waals surface area contributed by atoms with Crippen molar-refractivity contribution >= 4 is 5.78 Å². The predicted octanol–water partition coefficient (Wildman–Crippen LogP) is 2.72. The van der Waals surface area contributed by atoms with Crippen LogP contribution in [0.1, 0.15) is 46.0 Å². The van der Waals surface area contributed by atoms with Gasteiger partial charge in [0, 0.05) is 24.9 Å². The van der Waals surface area contributed by atoms with E-state index in [1.807, 2.05) is 0 Å². The topological polar surface area (TPSA) is 20.3 Å². The second kappa shape index (κ2) is 4.87. The Labute approximate surface area is 99.4 Å². The van der Waals surface area contributed by atoms with Crippen LogP contribution in [-0.2, 0) is 4.79 Å². The molecule has 0 heterocycles. The normalized spacial score (nSPS) is 31.4. The molecule has 2 fully saturated rings. The Balaban J connectivity index is 1.87. The molecule has 2 aliphatic carbocycles. The van der Waals surface area contributed by atoms with Gasteiger partial charge in [0.2, 0.25) is 0 Å². The van der Waals surface area contributed by atoms with Crippen LogP contribution in [0.4, 0.5) is 0 Å². The smallest absolute Gasteiger partial charge is 0.137 e. The zero-order valence-electron chi connectivity index (χ0n) is 10.9. The first kappa shape index (κ1) is 12.1. The molecule has 16 heavy (non-hydrogen) atoms. The Morgan fingerprint density at radius 3 is 2.56 bits per heavy atom. The van der Waals surface area contributed by atoms with Gasteiger partial charge in [-0.2, -0.15) is 0 Å². The van der Waals surface area contributed by atoms with Crippen molar-refractivity contribution in [3.63, 3.8) is 0 Å². The molecule has 0 amide bonds. The van der Waals surface area contributed by atoms with Crippen LogP contribution < -0.4 is 0 Å². The number of rotatable bonds is 4. The Bertz CT molecular complexity index is 255. The lowest BCUT2D eigenvalue weighted by Crippen LogP contribution is -2.36. The second-order valence-electron chi connectivity index (χ2n) is 6.11. The van der Waals surface area contributed by atoms with Crippen LogP contribution >= 0.6 is 0 Å². The van der Waals surface area contributed by atoms with E-state index in [1.54, 1.807) is 0 Å². The van der Waals surface area contributed by atoms with Crippen molar-refractivity contribution < 1.29 is 4.79 Å². The first-order valence-electron chi connectivity index (χ1n) is 6.81. The van der Waals surface area contributed by atoms with Gasteiger partial charge in [0.05, 0.1) is 0 Å². The SMILES string of the molecule is CC(C)C1CCC(=O)C(CN(C)C2CC2)C1. The van der Waals surface area contributed by atoms with Crippen LogP contribution in [0.25, 0.3) is 0 Å². The molecular formula is C14H25NO. The van der Waals surface area contributed by atoms with Crippen LogP contribution in [0, 0.1) is 17.8 Å². The fraction of sp³-hybridized carbons (Fsp3) is 0.929. The highest BCUT2D eigenvalue weighted by atomic mass is 16.1. The highest BCUT2D eigenvalue weighted by Crippen LogP contribution is 2.34. The zero-order chi connectivity index (χ0) is 11.7. The maximum Gasteiger partial charge on any atom is 0.137 e. The number of carbonyl (C=O) groups excluding carboxylic acids is 1. The molecule has 2 heteroatoms. The Morgan fingerprint density at radius 2 is 2.00 bits per heavy atom. The molecule has 0 aromatic rings. The highest BCUT2D eigenvalue weighted by Gasteiger charge is 2.34. The molecule has 2 unspecified atom stereocenters. The van der Waals surface area contributed by atoms with Crippen LogP contribution in [0.2, 0.25) is 0 Å². The van der Waals surface area contributed by atoms with Crippen molar-refractivity contribution in [3.05, 3.63) is 0 Å². The van der Waals surface area contributed by atoms with E-state index in [9.17, 15) is 4.79 Å². The summed E-state index contributed by atoms with van der Waals surface area (Å²) in [5.41, 5.74) is 0. The molecule has 0 radical (unpaired) electrons. The van der Waals surface area contributed by atoms with Crippen LogP contribution in [0.3, 0.4) is 0 Å². The van der Waals surface area contributed by atoms with E-state index < -0.39 is 0 Å². The van der Waals surface area contributed by atoms with E-state index in [0.29, 0.717) is 11.7 Å². The van der Waals surface area contributed by atoms with Gasteiger partial charge in [-0.05, 0) is 44.6 Å². The van der Waals surface area contributed by atoms with Crippen LogP contribution in [0.15, 0.2) is 0 Å². The number of hydrogen-bond acceptors (Lipinski definition) is 2. The number of ketones is 1. The minimum atomic E-state index is 0.326. The van der Waals surface area contributed by atoms with Crippen molar-refractivity contribution in [2.24, 2.45) is 17.8 Å². The molecule has 0 bridgehead atoms. The van der Waals surface area contributed by atoms with Crippen molar-refractivity contribution in [1.29, 1.82) is 0 Å². The molecular weight excluding hydrogens is 198 g/mol. The molecule has 2 atom stereocenters. The predicted molar refractivity (Wildman–Crippen MR) is 66.3 cm³/mol. The Hall–Kier alpha value is -0.370. The van der Waals surface area contributed by atoms with E-state index in [-0.39, 0.29) is 0 Å². The fourth-order valence-electron chi connectivity index (χ4n) is 2.94. The van der Waals surface area contributed by atoms with Gasteiger partial charge in [-0.25, -0.2) is 0 Å². The van der Waals surface area contributed by atoms with Crippen molar-refractivity contribution in [2.75, 3.05) is 13.6 Å². The largest absolute Gasteiger partial charge is 0.303 e. The van der Waals surface area contributed by atoms with Crippen molar-refractivity contribution in [2.45, 2.75) is 52.0 Å². The van der Waals surface area contributed by atoms with Gasteiger partial charge in [-0.15, -0.1) is 0 Å². The maximum atomic E-state index is 11.9. The van der Waals surface area contributed by atoms with E-state index in [4.69, 9.17) is 0 Å². The molecule has 0 spiro atoms. The summed E-state index contributed by atoms with van der Waals surface area (Å²) in [7, 11) is 2.18. The molecule has 0 saturated heterocycles. The second-order valence-corrected chi connectivity index (χ2v) is 6.11. The summed E-state index contributed by atoms with van der Waals surface area (Å²) in [6, 6.07) is 0.784. The third-order valence-electron chi connectivity index (χ3n) is 4.43. The van der Waals surface area contributed by atoms with E-state index in [2.05, 4.69) is 25.8 Å². The molecule has 2 aliphatic rings. The number of carbonyl (C=O) groups is 1.